The van der Waals surface area contributed by atoms with Crippen LogP contribution >= 0.6 is 0 Å². The summed E-state index contributed by atoms with van der Waals surface area (Å²) in [4.78, 5) is 4.38. The van der Waals surface area contributed by atoms with Crippen LogP contribution in [0.15, 0.2) is 12.3 Å². The lowest BCUT2D eigenvalue weighted by atomic mass is 9.79. The first-order chi connectivity index (χ1) is 9.80. The summed E-state index contributed by atoms with van der Waals surface area (Å²) in [5, 5.41) is 0. The lowest BCUT2D eigenvalue weighted by Gasteiger charge is -2.32. The Morgan fingerprint density at radius 3 is 2.43 bits per heavy atom. The van der Waals surface area contributed by atoms with E-state index in [1.165, 1.54) is 12.3 Å². The molecule has 0 saturated carbocycles. The average Bonchev–Trinajstić information content (AvgIpc) is 2.96. The van der Waals surface area contributed by atoms with Gasteiger partial charge < -0.3 is 14.0 Å². The number of hydrogen-bond acceptors (Lipinski definition) is 4. The van der Waals surface area contributed by atoms with E-state index in [1.807, 2.05) is 27.7 Å². The molecule has 21 heavy (non-hydrogen) atoms. The second-order valence-electron chi connectivity index (χ2n) is 6.78. The standard InChI is InChI=1S/C15H21BFNO3/c1-14(2)15(3,4)21-16(20-14)11-8-18-13(7-12(11)17)10-5-6-19-9-10/h7-8,10H,5-6,9H2,1-4H3. The molecule has 3 heterocycles. The maximum atomic E-state index is 14.4. The van der Waals surface area contributed by atoms with Gasteiger partial charge in [0.2, 0.25) is 0 Å². The van der Waals surface area contributed by atoms with E-state index in [4.69, 9.17) is 14.0 Å². The van der Waals surface area contributed by atoms with Crippen LogP contribution in [-0.4, -0.2) is 36.5 Å². The second-order valence-corrected chi connectivity index (χ2v) is 6.78. The van der Waals surface area contributed by atoms with Crippen molar-refractivity contribution in [3.05, 3.63) is 23.8 Å². The van der Waals surface area contributed by atoms with Crippen molar-refractivity contribution in [2.75, 3.05) is 13.2 Å². The molecular formula is C15H21BFNO3. The second kappa shape index (κ2) is 5.04. The van der Waals surface area contributed by atoms with E-state index in [1.54, 1.807) is 0 Å². The average molecular weight is 293 g/mol. The fourth-order valence-corrected chi connectivity index (χ4v) is 2.59. The van der Waals surface area contributed by atoms with Crippen LogP contribution in [0.5, 0.6) is 0 Å². The molecule has 0 bridgehead atoms. The molecule has 0 radical (unpaired) electrons. The molecule has 0 N–H and O–H groups in total. The Bertz CT molecular complexity index is 528. The lowest BCUT2D eigenvalue weighted by molar-refractivity contribution is 0.00578. The molecule has 2 fully saturated rings. The van der Waals surface area contributed by atoms with Gasteiger partial charge in [0, 0.05) is 29.9 Å². The largest absolute Gasteiger partial charge is 0.499 e. The number of ether oxygens (including phenoxy) is 1. The maximum Gasteiger partial charge on any atom is 0.499 e. The molecule has 0 amide bonds. The monoisotopic (exact) mass is 293 g/mol. The highest BCUT2D eigenvalue weighted by Gasteiger charge is 2.52. The fourth-order valence-electron chi connectivity index (χ4n) is 2.59. The van der Waals surface area contributed by atoms with Crippen molar-refractivity contribution in [3.8, 4) is 0 Å². The molecule has 4 nitrogen and oxygen atoms in total. The minimum absolute atomic E-state index is 0.187. The van der Waals surface area contributed by atoms with Gasteiger partial charge >= 0.3 is 7.12 Å². The van der Waals surface area contributed by atoms with Crippen molar-refractivity contribution in [1.29, 1.82) is 0 Å². The zero-order chi connectivity index (χ0) is 15.3. The normalized spacial score (nSPS) is 27.3. The van der Waals surface area contributed by atoms with Gasteiger partial charge in [0.05, 0.1) is 17.8 Å². The highest BCUT2D eigenvalue weighted by atomic mass is 19.1. The number of hydrogen-bond donors (Lipinski definition) is 0. The predicted octanol–water partition coefficient (Wildman–Crippen LogP) is 2.02. The number of aromatic nitrogens is 1. The molecule has 114 valence electrons. The van der Waals surface area contributed by atoms with Crippen molar-refractivity contribution in [1.82, 2.24) is 4.98 Å². The Balaban J connectivity index is 1.84. The number of pyridine rings is 1. The van der Waals surface area contributed by atoms with Crippen LogP contribution in [0.4, 0.5) is 4.39 Å². The Morgan fingerprint density at radius 1 is 1.24 bits per heavy atom. The molecule has 1 atom stereocenters. The van der Waals surface area contributed by atoms with Crippen LogP contribution in [0.2, 0.25) is 0 Å². The van der Waals surface area contributed by atoms with E-state index in [2.05, 4.69) is 4.98 Å². The van der Waals surface area contributed by atoms with E-state index in [0.717, 1.165) is 12.1 Å². The number of nitrogens with zero attached hydrogens (tertiary/aromatic N) is 1. The third-order valence-electron chi connectivity index (χ3n) is 4.76. The quantitative estimate of drug-likeness (QED) is 0.782. The van der Waals surface area contributed by atoms with Gasteiger partial charge in [0.25, 0.3) is 0 Å². The van der Waals surface area contributed by atoms with E-state index in [9.17, 15) is 4.39 Å². The molecule has 3 rings (SSSR count). The molecule has 2 aliphatic heterocycles. The lowest BCUT2D eigenvalue weighted by Crippen LogP contribution is -2.41. The summed E-state index contributed by atoms with van der Waals surface area (Å²) in [6.07, 6.45) is 2.42. The van der Waals surface area contributed by atoms with E-state index in [-0.39, 0.29) is 11.7 Å². The fraction of sp³-hybridized carbons (Fsp3) is 0.667. The van der Waals surface area contributed by atoms with Crippen molar-refractivity contribution < 1.29 is 18.4 Å². The van der Waals surface area contributed by atoms with Crippen molar-refractivity contribution in [2.24, 2.45) is 0 Å². The first-order valence-electron chi connectivity index (χ1n) is 7.39. The summed E-state index contributed by atoms with van der Waals surface area (Å²) in [6.45, 7) is 9.12. The Hall–Kier alpha value is -0.975. The smallest absolute Gasteiger partial charge is 0.399 e. The first-order valence-corrected chi connectivity index (χ1v) is 7.39. The van der Waals surface area contributed by atoms with E-state index < -0.39 is 18.3 Å². The molecule has 2 aliphatic rings. The summed E-state index contributed by atoms with van der Waals surface area (Å²) in [6, 6.07) is 1.49. The van der Waals surface area contributed by atoms with Crippen LogP contribution in [0.1, 0.15) is 45.7 Å². The maximum absolute atomic E-state index is 14.4. The molecule has 0 aliphatic carbocycles. The van der Waals surface area contributed by atoms with Gasteiger partial charge in [0.15, 0.2) is 0 Å². The van der Waals surface area contributed by atoms with E-state index in [0.29, 0.717) is 18.7 Å². The van der Waals surface area contributed by atoms with Crippen LogP contribution in [0, 0.1) is 5.82 Å². The summed E-state index contributed by atoms with van der Waals surface area (Å²) >= 11 is 0. The molecule has 6 heteroatoms. The minimum atomic E-state index is -0.712. The summed E-state index contributed by atoms with van der Waals surface area (Å²) in [5.74, 6) is -0.141. The molecule has 2 saturated heterocycles. The van der Waals surface area contributed by atoms with Gasteiger partial charge in [-0.1, -0.05) is 0 Å². The third kappa shape index (κ3) is 2.60. The zero-order valence-electron chi connectivity index (χ0n) is 13.0. The Labute approximate surface area is 125 Å². The topological polar surface area (TPSA) is 40.6 Å². The van der Waals surface area contributed by atoms with Crippen LogP contribution in [-0.2, 0) is 14.0 Å². The van der Waals surface area contributed by atoms with Gasteiger partial charge in [0.1, 0.15) is 5.82 Å². The van der Waals surface area contributed by atoms with Gasteiger partial charge in [-0.15, -0.1) is 0 Å². The number of rotatable bonds is 2. The molecular weight excluding hydrogens is 272 g/mol. The summed E-state index contributed by atoms with van der Waals surface area (Å²) in [5.41, 5.74) is 0.131. The highest BCUT2D eigenvalue weighted by Crippen LogP contribution is 2.36. The van der Waals surface area contributed by atoms with Crippen LogP contribution < -0.4 is 5.46 Å². The van der Waals surface area contributed by atoms with Crippen molar-refractivity contribution in [2.45, 2.75) is 51.2 Å². The SMILES string of the molecule is CC1(C)OB(c2cnc(C3CCOC3)cc2F)OC1(C)C. The van der Waals surface area contributed by atoms with Gasteiger partial charge in [-0.05, 0) is 40.2 Å². The minimum Gasteiger partial charge on any atom is -0.399 e. The molecule has 1 unspecified atom stereocenters. The highest BCUT2D eigenvalue weighted by molar-refractivity contribution is 6.62. The summed E-state index contributed by atoms with van der Waals surface area (Å²) < 4.78 is 31.5. The molecule has 1 aromatic rings. The van der Waals surface area contributed by atoms with E-state index >= 15 is 0 Å². The Kier molecular flexibility index (Phi) is 3.58. The first kappa shape index (κ1) is 14.9. The molecule has 0 aromatic carbocycles. The van der Waals surface area contributed by atoms with Crippen LogP contribution in [0.3, 0.4) is 0 Å². The van der Waals surface area contributed by atoms with Gasteiger partial charge in [-0.2, -0.15) is 0 Å². The van der Waals surface area contributed by atoms with Crippen LogP contribution in [0.25, 0.3) is 0 Å². The van der Waals surface area contributed by atoms with Crippen molar-refractivity contribution >= 4 is 12.6 Å². The zero-order valence-corrected chi connectivity index (χ0v) is 13.0. The van der Waals surface area contributed by atoms with Gasteiger partial charge in [-0.25, -0.2) is 4.39 Å². The Morgan fingerprint density at radius 2 is 1.90 bits per heavy atom. The summed E-state index contributed by atoms with van der Waals surface area (Å²) in [7, 11) is -0.712. The predicted molar refractivity (Wildman–Crippen MR) is 78.1 cm³/mol. The van der Waals surface area contributed by atoms with Gasteiger partial charge in [-0.3, -0.25) is 4.98 Å². The van der Waals surface area contributed by atoms with Crippen molar-refractivity contribution in [3.63, 3.8) is 0 Å². The third-order valence-corrected chi connectivity index (χ3v) is 4.76. The number of halogens is 1. The molecule has 0 spiro atoms. The molecule has 1 aromatic heterocycles.